The minimum Gasteiger partial charge on any atom is -0.352 e. The van der Waals surface area contributed by atoms with E-state index in [1.54, 1.807) is 14.2 Å². The summed E-state index contributed by atoms with van der Waals surface area (Å²) in [5.41, 5.74) is 0. The Hall–Kier alpha value is -0.123. The summed E-state index contributed by atoms with van der Waals surface area (Å²) in [5, 5.41) is 0. The largest absolute Gasteiger partial charge is 0.352 e. The highest BCUT2D eigenvalue weighted by Crippen LogP contribution is 1.93. The van der Waals surface area contributed by atoms with Crippen molar-refractivity contribution in [2.45, 2.75) is 18.9 Å². The highest BCUT2D eigenvalue weighted by Gasteiger charge is 1.95. The van der Waals surface area contributed by atoms with Crippen LogP contribution in [0.3, 0.4) is 0 Å². The van der Waals surface area contributed by atoms with Gasteiger partial charge in [0, 0.05) is 23.7 Å². The van der Waals surface area contributed by atoms with Crippen molar-refractivity contribution in [2.75, 3.05) is 14.2 Å². The molecule has 0 aromatic rings. The topological polar surface area (TPSA) is 18.5 Å². The van der Waals surface area contributed by atoms with Crippen LogP contribution in [-0.2, 0) is 9.47 Å². The van der Waals surface area contributed by atoms with Crippen molar-refractivity contribution in [2.24, 2.45) is 0 Å². The second-order valence-electron chi connectivity index (χ2n) is 2.06. The summed E-state index contributed by atoms with van der Waals surface area (Å²) in [6.45, 7) is 2.28. The summed E-state index contributed by atoms with van der Waals surface area (Å²) in [7, 11) is 3.44. The van der Waals surface area contributed by atoms with Gasteiger partial charge in [0.2, 0.25) is 0 Å². The van der Waals surface area contributed by atoms with Gasteiger partial charge in [-0.15, -0.1) is 0 Å². The Kier molecular flexibility index (Phi) is 6.90. The molecule has 0 aliphatic heterocycles. The van der Waals surface area contributed by atoms with Crippen LogP contribution >= 0.6 is 0 Å². The lowest BCUT2D eigenvalue weighted by Crippen LogP contribution is -2.08. The van der Waals surface area contributed by atoms with E-state index >= 15 is 0 Å². The van der Waals surface area contributed by atoms with Gasteiger partial charge in [-0.2, -0.15) is 0 Å². The molecule has 0 unspecified atom stereocenters. The predicted octanol–water partition coefficient (Wildman–Crippen LogP) is 0.797. The highest BCUT2D eigenvalue weighted by atomic mass is 28.2. The Labute approximate surface area is 65.0 Å². The highest BCUT2D eigenvalue weighted by molar-refractivity contribution is 6.34. The van der Waals surface area contributed by atoms with Gasteiger partial charge in [0.05, 0.1) is 0 Å². The molecule has 0 aromatic carbocycles. The van der Waals surface area contributed by atoms with E-state index in [0.29, 0.717) is 0 Å². The molecule has 0 heterocycles. The summed E-state index contributed by atoms with van der Waals surface area (Å²) in [6.07, 6.45) is 3.93. The predicted molar refractivity (Wildman–Crippen MR) is 46.2 cm³/mol. The third kappa shape index (κ3) is 4.73. The average molecular weight is 160 g/mol. The summed E-state index contributed by atoms with van der Waals surface area (Å²) < 4.78 is 9.90. The molecule has 60 valence electrons. The van der Waals surface area contributed by atoms with Gasteiger partial charge in [-0.25, -0.2) is 0 Å². The Morgan fingerprint density at radius 3 is 2.40 bits per heavy atom. The van der Waals surface area contributed by atoms with Gasteiger partial charge in [0.15, 0.2) is 6.29 Å². The molecule has 0 aliphatic rings. The molecule has 0 atom stereocenters. The maximum Gasteiger partial charge on any atom is 0.176 e. The second-order valence-corrected chi connectivity index (χ2v) is 3.63. The third-order valence-electron chi connectivity index (χ3n) is 1.21. The van der Waals surface area contributed by atoms with E-state index in [0.717, 1.165) is 0 Å². The first-order chi connectivity index (χ1) is 4.85. The monoisotopic (exact) mass is 160 g/mol. The van der Waals surface area contributed by atoms with Gasteiger partial charge >= 0.3 is 0 Å². The van der Waals surface area contributed by atoms with Crippen molar-refractivity contribution in [3.8, 4) is 0 Å². The van der Waals surface area contributed by atoms with E-state index in [9.17, 15) is 0 Å². The molecule has 0 amide bonds. The van der Waals surface area contributed by atoms with Crippen LogP contribution in [0.1, 0.15) is 0 Å². The summed E-state index contributed by atoms with van der Waals surface area (Å²) >= 11 is 0. The molecule has 0 aliphatic carbocycles. The Morgan fingerprint density at radius 1 is 1.40 bits per heavy atom. The van der Waals surface area contributed by atoms with Crippen LogP contribution in [0, 0.1) is 0 Å². The van der Waals surface area contributed by atoms with Crippen LogP contribution in [0.5, 0.6) is 0 Å². The van der Waals surface area contributed by atoms with Gasteiger partial charge < -0.3 is 9.47 Å². The quantitative estimate of drug-likeness (QED) is 0.336. The van der Waals surface area contributed by atoms with E-state index in [-0.39, 0.29) is 15.8 Å². The van der Waals surface area contributed by atoms with Crippen LogP contribution in [0.25, 0.3) is 0 Å². The SMILES string of the molecule is COC(C=CC[SiH2]C)OC. The number of ether oxygens (including phenoxy) is 2. The molecule has 0 rings (SSSR count). The molecule has 0 N–H and O–H groups in total. The van der Waals surface area contributed by atoms with Crippen LogP contribution in [0.15, 0.2) is 12.2 Å². The van der Waals surface area contributed by atoms with Crippen LogP contribution in [0.2, 0.25) is 12.6 Å². The maximum absolute atomic E-state index is 4.95. The Balaban J connectivity index is 3.40. The zero-order valence-electron chi connectivity index (χ0n) is 6.96. The van der Waals surface area contributed by atoms with Gasteiger partial charge in [-0.3, -0.25) is 0 Å². The zero-order chi connectivity index (χ0) is 7.82. The fraction of sp³-hybridized carbons (Fsp3) is 0.714. The van der Waals surface area contributed by atoms with Crippen LogP contribution in [-0.4, -0.2) is 30.0 Å². The Morgan fingerprint density at radius 2 is 2.00 bits per heavy atom. The lowest BCUT2D eigenvalue weighted by atomic mass is 10.5. The first kappa shape index (κ1) is 9.88. The average Bonchev–Trinajstić information content (AvgIpc) is 1.99. The summed E-state index contributed by atoms with van der Waals surface area (Å²) in [6, 6.07) is 1.23. The minimum absolute atomic E-state index is 0.152. The van der Waals surface area contributed by atoms with Crippen LogP contribution < -0.4 is 0 Å². The van der Waals surface area contributed by atoms with Crippen molar-refractivity contribution >= 4 is 9.52 Å². The molecule has 0 spiro atoms. The number of hydrogen-bond donors (Lipinski definition) is 0. The normalized spacial score (nSPS) is 12.8. The van der Waals surface area contributed by atoms with Gasteiger partial charge in [0.1, 0.15) is 0 Å². The number of methoxy groups -OCH3 is 2. The van der Waals surface area contributed by atoms with Crippen molar-refractivity contribution in [1.82, 2.24) is 0 Å². The molecule has 0 bridgehead atoms. The lowest BCUT2D eigenvalue weighted by molar-refractivity contribution is -0.0666. The molecule has 10 heavy (non-hydrogen) atoms. The van der Waals surface area contributed by atoms with Crippen LogP contribution in [0.4, 0.5) is 0 Å². The Bertz CT molecular complexity index is 89.6. The van der Waals surface area contributed by atoms with E-state index in [4.69, 9.17) is 9.47 Å². The fourth-order valence-corrected chi connectivity index (χ4v) is 1.15. The fourth-order valence-electron chi connectivity index (χ4n) is 0.627. The molecule has 0 radical (unpaired) electrons. The second kappa shape index (κ2) is 6.99. The van der Waals surface area contributed by atoms with E-state index < -0.39 is 0 Å². The van der Waals surface area contributed by atoms with E-state index in [1.807, 2.05) is 6.08 Å². The number of hydrogen-bond acceptors (Lipinski definition) is 2. The standard InChI is InChI=1S/C7H16O2Si/c1-8-7(9-2)5-4-6-10-3/h4-5,7H,6,10H2,1-3H3. The minimum atomic E-state index is -0.152. The van der Waals surface area contributed by atoms with Gasteiger partial charge in [-0.1, -0.05) is 12.6 Å². The first-order valence-electron chi connectivity index (χ1n) is 3.57. The van der Waals surface area contributed by atoms with Gasteiger partial charge in [-0.05, 0) is 12.1 Å². The molecule has 0 saturated carbocycles. The zero-order valence-corrected chi connectivity index (χ0v) is 8.38. The smallest absolute Gasteiger partial charge is 0.176 e. The lowest BCUT2D eigenvalue weighted by Gasteiger charge is -2.06. The number of allylic oxidation sites excluding steroid dienone is 1. The van der Waals surface area contributed by atoms with Crippen molar-refractivity contribution < 1.29 is 9.47 Å². The first-order valence-corrected chi connectivity index (χ1v) is 5.98. The molecule has 2 nitrogen and oxygen atoms in total. The third-order valence-corrected chi connectivity index (χ3v) is 2.12. The van der Waals surface area contributed by atoms with Crippen molar-refractivity contribution in [1.29, 1.82) is 0 Å². The van der Waals surface area contributed by atoms with Crippen molar-refractivity contribution in [3.63, 3.8) is 0 Å². The molecule has 0 fully saturated rings. The molecular weight excluding hydrogens is 144 g/mol. The van der Waals surface area contributed by atoms with E-state index in [1.165, 1.54) is 6.04 Å². The molecule has 0 aromatic heterocycles. The maximum atomic E-state index is 4.95. The molecule has 0 saturated heterocycles. The molecular formula is C7H16O2Si. The molecule has 3 heteroatoms. The number of rotatable bonds is 5. The van der Waals surface area contributed by atoms with Gasteiger partial charge in [0.25, 0.3) is 0 Å². The summed E-state index contributed by atoms with van der Waals surface area (Å²) in [4.78, 5) is 0. The summed E-state index contributed by atoms with van der Waals surface area (Å²) in [5.74, 6) is 0. The van der Waals surface area contributed by atoms with E-state index in [2.05, 4.69) is 12.6 Å². The van der Waals surface area contributed by atoms with Crippen molar-refractivity contribution in [3.05, 3.63) is 12.2 Å².